The Morgan fingerprint density at radius 1 is 1.19 bits per heavy atom. The Balaban J connectivity index is 2.07. The Bertz CT molecular complexity index is 342. The minimum atomic E-state index is 0.0493. The van der Waals surface area contributed by atoms with Crippen LogP contribution in [-0.4, -0.2) is 66.9 Å². The second-order valence-electron chi connectivity index (χ2n) is 6.34. The van der Waals surface area contributed by atoms with Gasteiger partial charge in [0.2, 0.25) is 5.91 Å². The van der Waals surface area contributed by atoms with Crippen LogP contribution in [0, 0.1) is 5.92 Å². The van der Waals surface area contributed by atoms with E-state index in [9.17, 15) is 9.59 Å². The monoisotopic (exact) mass is 298 g/mol. The van der Waals surface area contributed by atoms with Crippen molar-refractivity contribution in [3.05, 3.63) is 0 Å². The summed E-state index contributed by atoms with van der Waals surface area (Å²) in [6.07, 6.45) is 1.94. The number of ketones is 1. The number of hydrogen-bond donors (Lipinski definition) is 0. The zero-order chi connectivity index (χ0) is 15.8. The summed E-state index contributed by atoms with van der Waals surface area (Å²) in [6, 6.07) is 0.298. The van der Waals surface area contributed by atoms with E-state index in [4.69, 9.17) is 4.74 Å². The van der Waals surface area contributed by atoms with Gasteiger partial charge >= 0.3 is 0 Å². The molecule has 21 heavy (non-hydrogen) atoms. The largest absolute Gasteiger partial charge is 0.374 e. The zero-order valence-electron chi connectivity index (χ0n) is 13.9. The van der Waals surface area contributed by atoms with Crippen LogP contribution in [0.15, 0.2) is 0 Å². The quantitative estimate of drug-likeness (QED) is 0.606. The third kappa shape index (κ3) is 6.57. The Hall–Kier alpha value is -0.940. The van der Waals surface area contributed by atoms with Gasteiger partial charge in [0.25, 0.3) is 0 Å². The molecule has 1 amide bonds. The molecular formula is C16H30N2O3. The van der Waals surface area contributed by atoms with E-state index in [1.807, 2.05) is 18.7 Å². The summed E-state index contributed by atoms with van der Waals surface area (Å²) >= 11 is 0. The first kappa shape index (κ1) is 18.1. The second-order valence-corrected chi connectivity index (χ2v) is 6.34. The molecule has 1 fully saturated rings. The van der Waals surface area contributed by atoms with Crippen LogP contribution in [0.3, 0.4) is 0 Å². The molecule has 0 saturated carbocycles. The number of unbranched alkanes of at least 4 members (excludes halogenated alkanes) is 1. The molecule has 1 heterocycles. The van der Waals surface area contributed by atoms with Crippen LogP contribution in [0.25, 0.3) is 0 Å². The van der Waals surface area contributed by atoms with E-state index in [0.717, 1.165) is 32.5 Å². The third-order valence-electron chi connectivity index (χ3n) is 3.86. The van der Waals surface area contributed by atoms with Gasteiger partial charge in [0.15, 0.2) is 5.78 Å². The van der Waals surface area contributed by atoms with Crippen LogP contribution in [0.4, 0.5) is 0 Å². The topological polar surface area (TPSA) is 49.9 Å². The molecule has 0 aromatic rings. The highest BCUT2D eigenvalue weighted by Gasteiger charge is 2.24. The SMILES string of the molecule is CC(C)C(=O)COCCCCN1CCN(C(C)C)C(=O)C1. The lowest BCUT2D eigenvalue weighted by Gasteiger charge is -2.36. The van der Waals surface area contributed by atoms with E-state index in [-0.39, 0.29) is 24.2 Å². The van der Waals surface area contributed by atoms with Crippen LogP contribution in [0.2, 0.25) is 0 Å². The van der Waals surface area contributed by atoms with Crippen LogP contribution in [0.5, 0.6) is 0 Å². The maximum atomic E-state index is 11.9. The van der Waals surface area contributed by atoms with E-state index >= 15 is 0 Å². The first-order valence-corrected chi connectivity index (χ1v) is 8.04. The van der Waals surface area contributed by atoms with Crippen molar-refractivity contribution < 1.29 is 14.3 Å². The molecule has 122 valence electrons. The van der Waals surface area contributed by atoms with Crippen molar-refractivity contribution in [1.82, 2.24) is 9.80 Å². The Labute approximate surface area is 128 Å². The van der Waals surface area contributed by atoms with Crippen LogP contribution >= 0.6 is 0 Å². The lowest BCUT2D eigenvalue weighted by Crippen LogP contribution is -2.52. The molecule has 5 heteroatoms. The number of rotatable bonds is 9. The molecule has 0 aliphatic carbocycles. The number of ether oxygens (including phenoxy) is 1. The fraction of sp³-hybridized carbons (Fsp3) is 0.875. The van der Waals surface area contributed by atoms with Crippen molar-refractivity contribution in [3.63, 3.8) is 0 Å². The maximum Gasteiger partial charge on any atom is 0.237 e. The maximum absolute atomic E-state index is 11.9. The Kier molecular flexibility index (Phi) is 7.89. The summed E-state index contributed by atoms with van der Waals surface area (Å²) in [5.41, 5.74) is 0. The lowest BCUT2D eigenvalue weighted by molar-refractivity contribution is -0.138. The molecule has 1 aliphatic heterocycles. The van der Waals surface area contributed by atoms with E-state index in [1.165, 1.54) is 0 Å². The van der Waals surface area contributed by atoms with Crippen molar-refractivity contribution in [2.45, 2.75) is 46.6 Å². The predicted molar refractivity (Wildman–Crippen MR) is 83.2 cm³/mol. The molecule has 0 aromatic carbocycles. The van der Waals surface area contributed by atoms with Crippen molar-refractivity contribution in [2.75, 3.05) is 39.4 Å². The van der Waals surface area contributed by atoms with Crippen molar-refractivity contribution in [3.8, 4) is 0 Å². The van der Waals surface area contributed by atoms with Crippen LogP contribution in [-0.2, 0) is 14.3 Å². The summed E-state index contributed by atoms with van der Waals surface area (Å²) in [5.74, 6) is 0.439. The van der Waals surface area contributed by atoms with Gasteiger partial charge in [-0.05, 0) is 33.2 Å². The highest BCUT2D eigenvalue weighted by atomic mass is 16.5. The normalized spacial score (nSPS) is 17.0. The molecular weight excluding hydrogens is 268 g/mol. The summed E-state index contributed by atoms with van der Waals surface area (Å²) in [5, 5.41) is 0. The molecule has 0 aromatic heterocycles. The van der Waals surface area contributed by atoms with Crippen molar-refractivity contribution in [1.29, 1.82) is 0 Å². The number of nitrogens with zero attached hydrogens (tertiary/aromatic N) is 2. The van der Waals surface area contributed by atoms with Gasteiger partial charge in [-0.1, -0.05) is 13.8 Å². The van der Waals surface area contributed by atoms with Crippen molar-refractivity contribution >= 4 is 11.7 Å². The molecule has 1 rings (SSSR count). The van der Waals surface area contributed by atoms with Gasteiger partial charge in [0.1, 0.15) is 6.61 Å². The standard InChI is InChI=1S/C16H30N2O3/c1-13(2)15(19)12-21-10-6-5-7-17-8-9-18(14(3)4)16(20)11-17/h13-14H,5-12H2,1-4H3. The third-order valence-corrected chi connectivity index (χ3v) is 3.86. The average molecular weight is 298 g/mol. The molecule has 5 nitrogen and oxygen atoms in total. The second kappa shape index (κ2) is 9.15. The highest BCUT2D eigenvalue weighted by Crippen LogP contribution is 2.08. The van der Waals surface area contributed by atoms with E-state index in [1.54, 1.807) is 0 Å². The van der Waals surface area contributed by atoms with Gasteiger partial charge in [0.05, 0.1) is 6.54 Å². The minimum absolute atomic E-state index is 0.0493. The minimum Gasteiger partial charge on any atom is -0.374 e. The zero-order valence-corrected chi connectivity index (χ0v) is 13.9. The number of carbonyl (C=O) groups excluding carboxylic acids is 2. The van der Waals surface area contributed by atoms with Gasteiger partial charge in [-0.2, -0.15) is 0 Å². The Morgan fingerprint density at radius 2 is 1.90 bits per heavy atom. The van der Waals surface area contributed by atoms with Gasteiger partial charge in [-0.25, -0.2) is 0 Å². The smallest absolute Gasteiger partial charge is 0.237 e. The van der Waals surface area contributed by atoms with Crippen LogP contribution < -0.4 is 0 Å². The first-order chi connectivity index (χ1) is 9.91. The molecule has 0 bridgehead atoms. The fourth-order valence-electron chi connectivity index (χ4n) is 2.35. The molecule has 0 spiro atoms. The molecule has 0 unspecified atom stereocenters. The molecule has 1 saturated heterocycles. The van der Waals surface area contributed by atoms with Gasteiger partial charge in [-0.15, -0.1) is 0 Å². The van der Waals surface area contributed by atoms with Gasteiger partial charge in [0, 0.05) is 31.7 Å². The summed E-state index contributed by atoms with van der Waals surface area (Å²) in [4.78, 5) is 27.5. The average Bonchev–Trinajstić information content (AvgIpc) is 2.41. The van der Waals surface area contributed by atoms with Gasteiger partial charge in [-0.3, -0.25) is 14.5 Å². The molecule has 0 radical (unpaired) electrons. The van der Waals surface area contributed by atoms with Crippen LogP contribution in [0.1, 0.15) is 40.5 Å². The Morgan fingerprint density at radius 3 is 2.48 bits per heavy atom. The first-order valence-electron chi connectivity index (χ1n) is 8.04. The number of Topliss-reactive ketones (excluding diaryl/α,β-unsaturated/α-hetero) is 1. The summed E-state index contributed by atoms with van der Waals surface area (Å²) in [7, 11) is 0. The fourth-order valence-corrected chi connectivity index (χ4v) is 2.35. The molecule has 0 N–H and O–H groups in total. The van der Waals surface area contributed by atoms with Crippen molar-refractivity contribution in [2.24, 2.45) is 5.92 Å². The molecule has 1 aliphatic rings. The summed E-state index contributed by atoms with van der Waals surface area (Å²) < 4.78 is 5.37. The van der Waals surface area contributed by atoms with Gasteiger partial charge < -0.3 is 9.64 Å². The van der Waals surface area contributed by atoms with E-state index < -0.39 is 0 Å². The number of hydrogen-bond acceptors (Lipinski definition) is 4. The van der Waals surface area contributed by atoms with E-state index in [0.29, 0.717) is 19.2 Å². The summed E-state index contributed by atoms with van der Waals surface area (Å²) in [6.45, 7) is 12.0. The number of carbonyl (C=O) groups is 2. The predicted octanol–water partition coefficient (Wildman–Crippen LogP) is 1.56. The lowest BCUT2D eigenvalue weighted by atomic mass is 10.1. The number of amides is 1. The number of piperazine rings is 1. The highest BCUT2D eigenvalue weighted by molar-refractivity contribution is 5.81. The molecule has 0 atom stereocenters. The van der Waals surface area contributed by atoms with E-state index in [2.05, 4.69) is 18.7 Å².